The summed E-state index contributed by atoms with van der Waals surface area (Å²) < 4.78 is 5.59. The van der Waals surface area contributed by atoms with Gasteiger partial charge < -0.3 is 9.73 Å². The van der Waals surface area contributed by atoms with Crippen LogP contribution < -0.4 is 5.32 Å². The van der Waals surface area contributed by atoms with E-state index in [4.69, 9.17) is 4.42 Å². The quantitative estimate of drug-likeness (QED) is 0.841. The minimum absolute atomic E-state index is 0.762. The minimum Gasteiger partial charge on any atom is -0.465 e. The van der Waals surface area contributed by atoms with Crippen molar-refractivity contribution in [1.82, 2.24) is 10.2 Å². The average molecular weight is 250 g/mol. The van der Waals surface area contributed by atoms with Crippen LogP contribution in [0.15, 0.2) is 16.5 Å². The predicted octanol–water partition coefficient (Wildman–Crippen LogP) is 2.94. The molecule has 0 unspecified atom stereocenters. The van der Waals surface area contributed by atoms with E-state index in [1.54, 1.807) is 0 Å². The summed E-state index contributed by atoms with van der Waals surface area (Å²) in [6.07, 6.45) is 6.95. The molecule has 1 N–H and O–H groups in total. The predicted molar refractivity (Wildman–Crippen MR) is 74.7 cm³/mol. The van der Waals surface area contributed by atoms with Gasteiger partial charge in [-0.1, -0.05) is 19.3 Å². The maximum atomic E-state index is 5.59. The highest BCUT2D eigenvalue weighted by atomic mass is 16.3. The fraction of sp³-hybridized carbons (Fsp3) is 0.733. The van der Waals surface area contributed by atoms with E-state index < -0.39 is 0 Å². The number of nitrogens with one attached hydrogen (secondary N) is 1. The average Bonchev–Trinajstić information content (AvgIpc) is 2.76. The van der Waals surface area contributed by atoms with Gasteiger partial charge in [0, 0.05) is 19.1 Å². The van der Waals surface area contributed by atoms with Gasteiger partial charge in [0.1, 0.15) is 11.5 Å². The third-order valence-corrected chi connectivity index (χ3v) is 3.75. The van der Waals surface area contributed by atoms with Crippen LogP contribution in [0.5, 0.6) is 0 Å². The van der Waals surface area contributed by atoms with Crippen molar-refractivity contribution in [2.24, 2.45) is 0 Å². The first-order valence-electron chi connectivity index (χ1n) is 7.21. The lowest BCUT2D eigenvalue weighted by Crippen LogP contribution is -2.36. The summed E-state index contributed by atoms with van der Waals surface area (Å²) in [5.74, 6) is 2.06. The summed E-state index contributed by atoms with van der Waals surface area (Å²) in [6, 6.07) is 4.86. The van der Waals surface area contributed by atoms with Crippen LogP contribution in [-0.4, -0.2) is 31.1 Å². The fourth-order valence-electron chi connectivity index (χ4n) is 2.68. The third kappa shape index (κ3) is 4.46. The Kier molecular flexibility index (Phi) is 5.26. The summed E-state index contributed by atoms with van der Waals surface area (Å²) in [7, 11) is 2.15. The van der Waals surface area contributed by atoms with E-state index >= 15 is 0 Å². The Hall–Kier alpha value is -0.800. The highest BCUT2D eigenvalue weighted by Gasteiger charge is 2.12. The van der Waals surface area contributed by atoms with Gasteiger partial charge in [-0.25, -0.2) is 0 Å². The van der Waals surface area contributed by atoms with Crippen LogP contribution in [0, 0.1) is 6.92 Å². The molecule has 0 bridgehead atoms. The molecule has 1 saturated carbocycles. The SMILES string of the molecule is Cc1ccc(CN(C)CCNC2CCCCC2)o1. The van der Waals surface area contributed by atoms with E-state index in [0.29, 0.717) is 0 Å². The first-order chi connectivity index (χ1) is 8.74. The molecule has 0 amide bonds. The lowest BCUT2D eigenvalue weighted by Gasteiger charge is -2.24. The number of aryl methyl sites for hydroxylation is 1. The van der Waals surface area contributed by atoms with Crippen molar-refractivity contribution in [1.29, 1.82) is 0 Å². The van der Waals surface area contributed by atoms with E-state index in [0.717, 1.165) is 37.2 Å². The molecule has 1 fully saturated rings. The zero-order chi connectivity index (χ0) is 12.8. The molecule has 0 atom stereocenters. The highest BCUT2D eigenvalue weighted by molar-refractivity contribution is 5.05. The molecule has 102 valence electrons. The lowest BCUT2D eigenvalue weighted by atomic mass is 9.95. The van der Waals surface area contributed by atoms with Crippen LogP contribution in [0.25, 0.3) is 0 Å². The molecule has 1 heterocycles. The molecule has 2 rings (SSSR count). The van der Waals surface area contributed by atoms with E-state index in [2.05, 4.69) is 23.3 Å². The van der Waals surface area contributed by atoms with E-state index in [1.165, 1.54) is 32.1 Å². The van der Waals surface area contributed by atoms with E-state index in [9.17, 15) is 0 Å². The normalized spacial score (nSPS) is 17.5. The van der Waals surface area contributed by atoms with Gasteiger partial charge in [0.05, 0.1) is 6.54 Å². The van der Waals surface area contributed by atoms with Crippen molar-refractivity contribution < 1.29 is 4.42 Å². The van der Waals surface area contributed by atoms with Crippen LogP contribution in [0.2, 0.25) is 0 Å². The summed E-state index contributed by atoms with van der Waals surface area (Å²) in [6.45, 7) is 5.06. The summed E-state index contributed by atoms with van der Waals surface area (Å²) in [5, 5.41) is 3.67. The van der Waals surface area contributed by atoms with Crippen LogP contribution in [0.4, 0.5) is 0 Å². The number of hydrogen-bond donors (Lipinski definition) is 1. The third-order valence-electron chi connectivity index (χ3n) is 3.75. The molecule has 18 heavy (non-hydrogen) atoms. The van der Waals surface area contributed by atoms with Crippen molar-refractivity contribution in [2.75, 3.05) is 20.1 Å². The molecule has 0 radical (unpaired) electrons. The Morgan fingerprint density at radius 1 is 1.28 bits per heavy atom. The second-order valence-electron chi connectivity index (χ2n) is 5.54. The zero-order valence-electron chi connectivity index (χ0n) is 11.7. The molecule has 1 aromatic rings. The monoisotopic (exact) mass is 250 g/mol. The number of rotatable bonds is 6. The maximum Gasteiger partial charge on any atom is 0.118 e. The second-order valence-corrected chi connectivity index (χ2v) is 5.54. The van der Waals surface area contributed by atoms with E-state index in [1.807, 2.05) is 13.0 Å². The maximum absolute atomic E-state index is 5.59. The van der Waals surface area contributed by atoms with Gasteiger partial charge in [0.2, 0.25) is 0 Å². The topological polar surface area (TPSA) is 28.4 Å². The van der Waals surface area contributed by atoms with Gasteiger partial charge in [-0.3, -0.25) is 4.90 Å². The molecule has 0 aliphatic heterocycles. The van der Waals surface area contributed by atoms with Gasteiger partial charge in [0.15, 0.2) is 0 Å². The van der Waals surface area contributed by atoms with E-state index in [-0.39, 0.29) is 0 Å². The van der Waals surface area contributed by atoms with Crippen LogP contribution in [0.1, 0.15) is 43.6 Å². The molecule has 0 aromatic carbocycles. The van der Waals surface area contributed by atoms with Crippen molar-refractivity contribution in [3.8, 4) is 0 Å². The van der Waals surface area contributed by atoms with Crippen molar-refractivity contribution in [3.63, 3.8) is 0 Å². The first-order valence-corrected chi connectivity index (χ1v) is 7.21. The van der Waals surface area contributed by atoms with Gasteiger partial charge in [-0.15, -0.1) is 0 Å². The van der Waals surface area contributed by atoms with Gasteiger partial charge in [-0.2, -0.15) is 0 Å². The van der Waals surface area contributed by atoms with Crippen molar-refractivity contribution in [2.45, 2.75) is 51.6 Å². The molecular formula is C15H26N2O. The van der Waals surface area contributed by atoms with Crippen molar-refractivity contribution in [3.05, 3.63) is 23.7 Å². The summed E-state index contributed by atoms with van der Waals surface area (Å²) >= 11 is 0. The minimum atomic E-state index is 0.762. The number of furan rings is 1. The van der Waals surface area contributed by atoms with Crippen molar-refractivity contribution >= 4 is 0 Å². The largest absolute Gasteiger partial charge is 0.465 e. The van der Waals surface area contributed by atoms with Gasteiger partial charge in [-0.05, 0) is 38.9 Å². The molecule has 0 saturated heterocycles. The standard InChI is InChI=1S/C15H26N2O/c1-13-8-9-15(18-13)12-17(2)11-10-16-14-6-4-3-5-7-14/h8-9,14,16H,3-7,10-12H2,1-2H3. The lowest BCUT2D eigenvalue weighted by molar-refractivity contribution is 0.278. The Morgan fingerprint density at radius 2 is 2.06 bits per heavy atom. The van der Waals surface area contributed by atoms with Gasteiger partial charge >= 0.3 is 0 Å². The Bertz CT molecular complexity index is 342. The second kappa shape index (κ2) is 6.95. The Balaban J connectivity index is 1.60. The first kappa shape index (κ1) is 13.6. The molecular weight excluding hydrogens is 224 g/mol. The number of nitrogens with zero attached hydrogens (tertiary/aromatic N) is 1. The highest BCUT2D eigenvalue weighted by Crippen LogP contribution is 2.17. The number of likely N-dealkylation sites (N-methyl/N-ethyl adjacent to an activating group) is 1. The molecule has 0 spiro atoms. The molecule has 1 aromatic heterocycles. The summed E-state index contributed by atoms with van der Waals surface area (Å²) in [4.78, 5) is 2.31. The molecule has 3 nitrogen and oxygen atoms in total. The molecule has 1 aliphatic carbocycles. The summed E-state index contributed by atoms with van der Waals surface area (Å²) in [5.41, 5.74) is 0. The van der Waals surface area contributed by atoms with Crippen LogP contribution >= 0.6 is 0 Å². The zero-order valence-corrected chi connectivity index (χ0v) is 11.7. The fourth-order valence-corrected chi connectivity index (χ4v) is 2.68. The van der Waals surface area contributed by atoms with Crippen LogP contribution in [0.3, 0.4) is 0 Å². The molecule has 1 aliphatic rings. The smallest absolute Gasteiger partial charge is 0.118 e. The van der Waals surface area contributed by atoms with Gasteiger partial charge in [0.25, 0.3) is 0 Å². The molecule has 3 heteroatoms. The van der Waals surface area contributed by atoms with Crippen LogP contribution in [-0.2, 0) is 6.54 Å². The Labute approximate surface area is 111 Å². The Morgan fingerprint density at radius 3 is 2.72 bits per heavy atom. The number of hydrogen-bond acceptors (Lipinski definition) is 3.